The average Bonchev–Trinajstić information content (AvgIpc) is 2.13. The number of carboxylic acids is 1. The van der Waals surface area contributed by atoms with Crippen molar-refractivity contribution in [3.8, 4) is 12.3 Å². The van der Waals surface area contributed by atoms with Crippen LogP contribution in [0, 0.1) is 17.8 Å². The summed E-state index contributed by atoms with van der Waals surface area (Å²) in [6.07, 6.45) is 7.06. The van der Waals surface area contributed by atoms with Gasteiger partial charge in [-0.1, -0.05) is 33.1 Å². The summed E-state index contributed by atoms with van der Waals surface area (Å²) in [5.74, 6) is 1.43. The van der Waals surface area contributed by atoms with Crippen molar-refractivity contribution in [2.45, 2.75) is 52.5 Å². The van der Waals surface area contributed by atoms with Gasteiger partial charge in [-0.05, 0) is 11.8 Å². The minimum Gasteiger partial charge on any atom is -0.481 e. The van der Waals surface area contributed by atoms with Crippen LogP contribution in [0.1, 0.15) is 46.5 Å². The Kier molecular flexibility index (Phi) is 6.34. The van der Waals surface area contributed by atoms with Gasteiger partial charge in [-0.25, -0.2) is 0 Å². The first-order valence-corrected chi connectivity index (χ1v) is 5.78. The highest BCUT2D eigenvalue weighted by Gasteiger charge is 2.25. The Hall–Kier alpha value is -1.50. The molecule has 0 spiro atoms. The maximum Gasteiger partial charge on any atom is 0.303 e. The van der Waals surface area contributed by atoms with Crippen molar-refractivity contribution in [2.24, 2.45) is 5.41 Å². The molecule has 0 aliphatic rings. The molecule has 1 amide bonds. The highest BCUT2D eigenvalue weighted by Crippen LogP contribution is 2.24. The van der Waals surface area contributed by atoms with Crippen LogP contribution >= 0.6 is 0 Å². The number of carbonyl (C=O) groups excluding carboxylic acids is 1. The molecule has 1 unspecified atom stereocenters. The fourth-order valence-corrected chi connectivity index (χ4v) is 1.64. The van der Waals surface area contributed by atoms with E-state index in [0.29, 0.717) is 0 Å². The first-order chi connectivity index (χ1) is 7.80. The molecule has 1 atom stereocenters. The van der Waals surface area contributed by atoms with Crippen LogP contribution in [0.5, 0.6) is 0 Å². The van der Waals surface area contributed by atoms with Crippen LogP contribution in [0.15, 0.2) is 0 Å². The highest BCUT2D eigenvalue weighted by atomic mass is 16.4. The summed E-state index contributed by atoms with van der Waals surface area (Å²) in [5, 5.41) is 11.4. The molecule has 96 valence electrons. The Morgan fingerprint density at radius 2 is 2.00 bits per heavy atom. The van der Waals surface area contributed by atoms with Crippen molar-refractivity contribution in [1.82, 2.24) is 5.32 Å². The fraction of sp³-hybridized carbons (Fsp3) is 0.692. The van der Waals surface area contributed by atoms with Gasteiger partial charge in [0.05, 0.1) is 12.5 Å². The molecule has 0 fully saturated rings. The van der Waals surface area contributed by atoms with Crippen molar-refractivity contribution < 1.29 is 14.7 Å². The summed E-state index contributed by atoms with van der Waals surface area (Å²) in [6, 6.07) is -0.256. The lowest BCUT2D eigenvalue weighted by molar-refractivity contribution is -0.139. The molecule has 0 rings (SSSR count). The SMILES string of the molecule is C#CC(CCC)NC(=O)CC(C)(C)CC(=O)O. The molecular weight excluding hydrogens is 218 g/mol. The van der Waals surface area contributed by atoms with Crippen LogP contribution in [-0.2, 0) is 9.59 Å². The van der Waals surface area contributed by atoms with Crippen molar-refractivity contribution >= 4 is 11.9 Å². The zero-order valence-corrected chi connectivity index (χ0v) is 10.7. The molecule has 17 heavy (non-hydrogen) atoms. The van der Waals surface area contributed by atoms with Gasteiger partial charge in [-0.15, -0.1) is 6.42 Å². The zero-order valence-electron chi connectivity index (χ0n) is 10.7. The predicted molar refractivity (Wildman–Crippen MR) is 66.3 cm³/mol. The van der Waals surface area contributed by atoms with E-state index in [2.05, 4.69) is 11.2 Å². The molecule has 0 aliphatic heterocycles. The Bertz CT molecular complexity index is 315. The monoisotopic (exact) mass is 239 g/mol. The van der Waals surface area contributed by atoms with Crippen LogP contribution in [-0.4, -0.2) is 23.0 Å². The van der Waals surface area contributed by atoms with Gasteiger partial charge in [0.2, 0.25) is 5.91 Å². The molecule has 0 radical (unpaired) electrons. The van der Waals surface area contributed by atoms with Gasteiger partial charge >= 0.3 is 5.97 Å². The second kappa shape index (κ2) is 6.95. The molecule has 2 N–H and O–H groups in total. The third-order valence-electron chi connectivity index (χ3n) is 2.38. The number of amides is 1. The molecule has 0 saturated heterocycles. The Morgan fingerprint density at radius 3 is 2.41 bits per heavy atom. The Labute approximate surface area is 103 Å². The lowest BCUT2D eigenvalue weighted by Gasteiger charge is -2.22. The van der Waals surface area contributed by atoms with Gasteiger partial charge < -0.3 is 10.4 Å². The predicted octanol–water partition coefficient (Wildman–Crippen LogP) is 1.80. The van der Waals surface area contributed by atoms with E-state index in [1.807, 2.05) is 6.92 Å². The summed E-state index contributed by atoms with van der Waals surface area (Å²) in [5.41, 5.74) is -0.554. The quantitative estimate of drug-likeness (QED) is 0.666. The summed E-state index contributed by atoms with van der Waals surface area (Å²) in [7, 11) is 0. The first-order valence-electron chi connectivity index (χ1n) is 5.78. The molecule has 0 aromatic rings. The van der Waals surface area contributed by atoms with Gasteiger partial charge in [0.1, 0.15) is 0 Å². The lowest BCUT2D eigenvalue weighted by Crippen LogP contribution is -2.36. The van der Waals surface area contributed by atoms with E-state index in [9.17, 15) is 9.59 Å². The number of hydrogen-bond acceptors (Lipinski definition) is 2. The van der Waals surface area contributed by atoms with Crippen molar-refractivity contribution in [1.29, 1.82) is 0 Å². The molecule has 0 aliphatic carbocycles. The van der Waals surface area contributed by atoms with E-state index in [1.54, 1.807) is 13.8 Å². The second-order valence-electron chi connectivity index (χ2n) is 4.99. The van der Waals surface area contributed by atoms with E-state index in [0.717, 1.165) is 12.8 Å². The van der Waals surface area contributed by atoms with Gasteiger partial charge in [0.25, 0.3) is 0 Å². The van der Waals surface area contributed by atoms with Crippen molar-refractivity contribution in [2.75, 3.05) is 0 Å². The van der Waals surface area contributed by atoms with Crippen LogP contribution in [0.2, 0.25) is 0 Å². The number of aliphatic carboxylic acids is 1. The van der Waals surface area contributed by atoms with Gasteiger partial charge in [-0.2, -0.15) is 0 Å². The standard InChI is InChI=1S/C13H21NO3/c1-5-7-10(6-2)14-11(15)8-13(3,4)9-12(16)17/h2,10H,5,7-9H2,1,3-4H3,(H,14,15)(H,16,17). The third kappa shape index (κ3) is 7.40. The summed E-state index contributed by atoms with van der Waals surface area (Å²) in [6.45, 7) is 5.50. The maximum absolute atomic E-state index is 11.7. The van der Waals surface area contributed by atoms with E-state index in [-0.39, 0.29) is 24.8 Å². The fourth-order valence-electron chi connectivity index (χ4n) is 1.64. The van der Waals surface area contributed by atoms with Crippen LogP contribution in [0.3, 0.4) is 0 Å². The van der Waals surface area contributed by atoms with Gasteiger partial charge in [0, 0.05) is 6.42 Å². The largest absolute Gasteiger partial charge is 0.481 e. The Morgan fingerprint density at radius 1 is 1.41 bits per heavy atom. The summed E-state index contributed by atoms with van der Waals surface area (Å²) < 4.78 is 0. The summed E-state index contributed by atoms with van der Waals surface area (Å²) in [4.78, 5) is 22.3. The number of rotatable bonds is 7. The topological polar surface area (TPSA) is 66.4 Å². The zero-order chi connectivity index (χ0) is 13.5. The summed E-state index contributed by atoms with van der Waals surface area (Å²) >= 11 is 0. The van der Waals surface area contributed by atoms with Crippen LogP contribution in [0.25, 0.3) is 0 Å². The third-order valence-corrected chi connectivity index (χ3v) is 2.38. The maximum atomic E-state index is 11.7. The highest BCUT2D eigenvalue weighted by molar-refractivity contribution is 5.78. The molecule has 0 saturated carbocycles. The smallest absolute Gasteiger partial charge is 0.303 e. The number of nitrogens with one attached hydrogen (secondary N) is 1. The van der Waals surface area contributed by atoms with Crippen LogP contribution < -0.4 is 5.32 Å². The number of carbonyl (C=O) groups is 2. The Balaban J connectivity index is 4.25. The van der Waals surface area contributed by atoms with Crippen molar-refractivity contribution in [3.63, 3.8) is 0 Å². The van der Waals surface area contributed by atoms with Crippen molar-refractivity contribution in [3.05, 3.63) is 0 Å². The van der Waals surface area contributed by atoms with E-state index >= 15 is 0 Å². The van der Waals surface area contributed by atoms with E-state index in [4.69, 9.17) is 11.5 Å². The molecule has 0 aromatic carbocycles. The molecule has 4 heteroatoms. The number of carboxylic acid groups (broad SMARTS) is 1. The minimum absolute atomic E-state index is 0.0328. The molecule has 4 nitrogen and oxygen atoms in total. The molecule has 0 heterocycles. The van der Waals surface area contributed by atoms with E-state index in [1.165, 1.54) is 0 Å². The van der Waals surface area contributed by atoms with Gasteiger partial charge in [-0.3, -0.25) is 9.59 Å². The molecular formula is C13H21NO3. The number of hydrogen-bond donors (Lipinski definition) is 2. The molecule has 0 bridgehead atoms. The molecule has 0 aromatic heterocycles. The lowest BCUT2D eigenvalue weighted by atomic mass is 9.85. The normalized spacial score (nSPS) is 12.6. The van der Waals surface area contributed by atoms with Crippen LogP contribution in [0.4, 0.5) is 0 Å². The second-order valence-corrected chi connectivity index (χ2v) is 4.99. The first kappa shape index (κ1) is 15.5. The average molecular weight is 239 g/mol. The number of terminal acetylenes is 1. The van der Waals surface area contributed by atoms with E-state index < -0.39 is 11.4 Å². The minimum atomic E-state index is -0.898. The van der Waals surface area contributed by atoms with Gasteiger partial charge in [0.15, 0.2) is 0 Å².